The molecule has 0 amide bonds. The summed E-state index contributed by atoms with van der Waals surface area (Å²) in [5.41, 5.74) is 1.09. The van der Waals surface area contributed by atoms with Gasteiger partial charge in [0.05, 0.1) is 0 Å². The summed E-state index contributed by atoms with van der Waals surface area (Å²) in [6.07, 6.45) is 6.38. The monoisotopic (exact) mass is 252 g/mol. The topological polar surface area (TPSA) is 43.8 Å². The standard InChI is InChI=1S/C14H24N2O2/c1-13(10-15(2)7-3-4-9-17)16-8-5-6-14(11-16)12-18/h3-4,9,14,18H,1,5-8,10-12H2,2H3/b4-3+. The number of likely N-dealkylation sites (N-methyl/N-ethyl adjacent to an activating group) is 1. The maximum absolute atomic E-state index is 10.2. The Bertz CT molecular complexity index is 302. The van der Waals surface area contributed by atoms with Crippen molar-refractivity contribution in [1.29, 1.82) is 0 Å². The summed E-state index contributed by atoms with van der Waals surface area (Å²) in [4.78, 5) is 14.6. The van der Waals surface area contributed by atoms with Crippen molar-refractivity contribution in [2.45, 2.75) is 12.8 Å². The Balaban J connectivity index is 2.34. The molecule has 1 N–H and O–H groups in total. The summed E-state index contributed by atoms with van der Waals surface area (Å²) in [5.74, 6) is 0.385. The van der Waals surface area contributed by atoms with Crippen molar-refractivity contribution in [3.8, 4) is 0 Å². The normalized spacial score (nSPS) is 20.6. The minimum absolute atomic E-state index is 0.266. The molecule has 0 saturated carbocycles. The molecule has 0 aliphatic carbocycles. The van der Waals surface area contributed by atoms with Crippen LogP contribution < -0.4 is 0 Å². The number of allylic oxidation sites excluding steroid dienone is 1. The predicted molar refractivity (Wildman–Crippen MR) is 73.2 cm³/mol. The van der Waals surface area contributed by atoms with Gasteiger partial charge in [-0.1, -0.05) is 12.7 Å². The molecule has 0 bridgehead atoms. The second kappa shape index (κ2) is 8.06. The lowest BCUT2D eigenvalue weighted by Gasteiger charge is -2.36. The van der Waals surface area contributed by atoms with Crippen LogP contribution in [0.3, 0.4) is 0 Å². The second-order valence-electron chi connectivity index (χ2n) is 4.96. The maximum Gasteiger partial charge on any atom is 0.142 e. The van der Waals surface area contributed by atoms with Gasteiger partial charge in [0.25, 0.3) is 0 Å². The van der Waals surface area contributed by atoms with Gasteiger partial charge in [0.1, 0.15) is 6.29 Å². The highest BCUT2D eigenvalue weighted by Crippen LogP contribution is 2.19. The number of hydrogen-bond donors (Lipinski definition) is 1. The van der Waals surface area contributed by atoms with Crippen LogP contribution in [-0.4, -0.2) is 61.0 Å². The van der Waals surface area contributed by atoms with E-state index in [1.165, 1.54) is 6.08 Å². The zero-order valence-electron chi connectivity index (χ0n) is 11.2. The van der Waals surface area contributed by atoms with E-state index in [2.05, 4.69) is 16.4 Å². The van der Waals surface area contributed by atoms with Crippen LogP contribution in [0.2, 0.25) is 0 Å². The Morgan fingerprint density at radius 3 is 3.06 bits per heavy atom. The molecule has 0 aromatic heterocycles. The van der Waals surface area contributed by atoms with Gasteiger partial charge in [-0.15, -0.1) is 0 Å². The van der Waals surface area contributed by atoms with Crippen LogP contribution in [0.1, 0.15) is 12.8 Å². The Kier molecular flexibility index (Phi) is 6.68. The lowest BCUT2D eigenvalue weighted by molar-refractivity contribution is -0.104. The molecule has 1 unspecified atom stereocenters. The van der Waals surface area contributed by atoms with Gasteiger partial charge in [0, 0.05) is 38.5 Å². The van der Waals surface area contributed by atoms with Crippen LogP contribution in [0, 0.1) is 5.92 Å². The van der Waals surface area contributed by atoms with Gasteiger partial charge in [0.2, 0.25) is 0 Å². The number of carbonyl (C=O) groups is 1. The number of hydrogen-bond acceptors (Lipinski definition) is 4. The first-order chi connectivity index (χ1) is 8.67. The van der Waals surface area contributed by atoms with Crippen molar-refractivity contribution in [1.82, 2.24) is 9.80 Å². The van der Waals surface area contributed by atoms with E-state index in [9.17, 15) is 9.90 Å². The third kappa shape index (κ3) is 5.02. The maximum atomic E-state index is 10.2. The Hall–Kier alpha value is -1.13. The summed E-state index contributed by atoms with van der Waals surface area (Å²) < 4.78 is 0. The van der Waals surface area contributed by atoms with Crippen molar-refractivity contribution in [3.05, 3.63) is 24.4 Å². The van der Waals surface area contributed by atoms with Crippen LogP contribution in [0.25, 0.3) is 0 Å². The molecule has 1 fully saturated rings. The molecule has 1 rings (SSSR count). The van der Waals surface area contributed by atoms with Gasteiger partial charge >= 0.3 is 0 Å². The summed E-state index contributed by atoms with van der Waals surface area (Å²) in [6.45, 7) is 7.87. The van der Waals surface area contributed by atoms with Gasteiger partial charge in [-0.25, -0.2) is 0 Å². The lowest BCUT2D eigenvalue weighted by atomic mass is 9.98. The summed E-state index contributed by atoms with van der Waals surface area (Å²) >= 11 is 0. The van der Waals surface area contributed by atoms with Crippen molar-refractivity contribution in [3.63, 3.8) is 0 Å². The van der Waals surface area contributed by atoms with E-state index in [-0.39, 0.29) is 6.61 Å². The zero-order valence-corrected chi connectivity index (χ0v) is 11.2. The molecular weight excluding hydrogens is 228 g/mol. The average molecular weight is 252 g/mol. The fourth-order valence-electron chi connectivity index (χ4n) is 2.27. The average Bonchev–Trinajstić information content (AvgIpc) is 2.39. The highest BCUT2D eigenvalue weighted by atomic mass is 16.3. The molecule has 18 heavy (non-hydrogen) atoms. The third-order valence-corrected chi connectivity index (χ3v) is 3.31. The highest BCUT2D eigenvalue weighted by molar-refractivity contribution is 5.64. The molecule has 4 heteroatoms. The minimum Gasteiger partial charge on any atom is -0.396 e. The SMILES string of the molecule is C=C(CN(C)C/C=C/C=O)N1CCCC(CO)C1. The minimum atomic E-state index is 0.266. The summed E-state index contributed by atoms with van der Waals surface area (Å²) in [5, 5.41) is 9.21. The molecule has 0 aromatic rings. The van der Waals surface area contributed by atoms with Gasteiger partial charge < -0.3 is 10.0 Å². The predicted octanol–water partition coefficient (Wildman–Crippen LogP) is 0.891. The molecule has 1 heterocycles. The Morgan fingerprint density at radius 1 is 1.61 bits per heavy atom. The van der Waals surface area contributed by atoms with Gasteiger partial charge in [-0.2, -0.15) is 0 Å². The fraction of sp³-hybridized carbons (Fsp3) is 0.643. The highest BCUT2D eigenvalue weighted by Gasteiger charge is 2.20. The number of aliphatic hydroxyl groups is 1. The van der Waals surface area contributed by atoms with Gasteiger partial charge in [-0.3, -0.25) is 9.69 Å². The second-order valence-corrected chi connectivity index (χ2v) is 4.96. The number of rotatable bonds is 7. The Morgan fingerprint density at radius 2 is 2.39 bits per heavy atom. The zero-order chi connectivity index (χ0) is 13.4. The molecule has 4 nitrogen and oxygen atoms in total. The number of carbonyl (C=O) groups excluding carboxylic acids is 1. The van der Waals surface area contributed by atoms with Crippen molar-refractivity contribution in [2.24, 2.45) is 5.92 Å². The smallest absolute Gasteiger partial charge is 0.142 e. The molecular formula is C14H24N2O2. The van der Waals surface area contributed by atoms with Crippen LogP contribution in [0.15, 0.2) is 24.4 Å². The molecule has 0 radical (unpaired) electrons. The molecule has 102 valence electrons. The van der Waals surface area contributed by atoms with E-state index < -0.39 is 0 Å². The van der Waals surface area contributed by atoms with Gasteiger partial charge in [-0.05, 0) is 31.9 Å². The van der Waals surface area contributed by atoms with Crippen molar-refractivity contribution >= 4 is 6.29 Å². The quantitative estimate of drug-likeness (QED) is 0.540. The van der Waals surface area contributed by atoms with Crippen LogP contribution >= 0.6 is 0 Å². The van der Waals surface area contributed by atoms with Crippen LogP contribution in [-0.2, 0) is 4.79 Å². The molecule has 0 spiro atoms. The molecule has 1 saturated heterocycles. The van der Waals surface area contributed by atoms with E-state index in [1.54, 1.807) is 0 Å². The lowest BCUT2D eigenvalue weighted by Crippen LogP contribution is -2.39. The first-order valence-corrected chi connectivity index (χ1v) is 6.49. The summed E-state index contributed by atoms with van der Waals surface area (Å²) in [7, 11) is 2.01. The van der Waals surface area contributed by atoms with E-state index in [0.717, 1.165) is 51.0 Å². The van der Waals surface area contributed by atoms with E-state index in [0.29, 0.717) is 5.92 Å². The number of aliphatic hydroxyl groups excluding tert-OH is 1. The number of likely N-dealkylation sites (tertiary alicyclic amines) is 1. The number of aldehydes is 1. The number of nitrogens with zero attached hydrogens (tertiary/aromatic N) is 2. The van der Waals surface area contributed by atoms with Crippen molar-refractivity contribution < 1.29 is 9.90 Å². The molecule has 1 atom stereocenters. The third-order valence-electron chi connectivity index (χ3n) is 3.31. The molecule has 1 aliphatic heterocycles. The fourth-order valence-corrected chi connectivity index (χ4v) is 2.27. The molecule has 1 aliphatic rings. The van der Waals surface area contributed by atoms with Gasteiger partial charge in [0.15, 0.2) is 0 Å². The van der Waals surface area contributed by atoms with E-state index in [1.807, 2.05) is 13.1 Å². The van der Waals surface area contributed by atoms with Crippen LogP contribution in [0.5, 0.6) is 0 Å². The Labute approximate surface area is 110 Å². The first-order valence-electron chi connectivity index (χ1n) is 6.49. The van der Waals surface area contributed by atoms with Crippen molar-refractivity contribution in [2.75, 3.05) is 39.8 Å². The summed E-state index contributed by atoms with van der Waals surface area (Å²) in [6, 6.07) is 0. The van der Waals surface area contributed by atoms with E-state index in [4.69, 9.17) is 0 Å². The first kappa shape index (κ1) is 14.9. The van der Waals surface area contributed by atoms with E-state index >= 15 is 0 Å². The largest absolute Gasteiger partial charge is 0.396 e. The number of piperidine rings is 1. The van der Waals surface area contributed by atoms with Crippen LogP contribution in [0.4, 0.5) is 0 Å². The molecule has 0 aromatic carbocycles.